The van der Waals surface area contributed by atoms with Gasteiger partial charge in [-0.15, -0.1) is 0 Å². The van der Waals surface area contributed by atoms with Crippen LogP contribution in [0.3, 0.4) is 0 Å². The van der Waals surface area contributed by atoms with Gasteiger partial charge in [0.25, 0.3) is 10.0 Å². The molecule has 0 unspecified atom stereocenters. The second-order valence-electron chi connectivity index (χ2n) is 7.36. The van der Waals surface area contributed by atoms with Crippen molar-refractivity contribution >= 4 is 49.8 Å². The lowest BCUT2D eigenvalue weighted by atomic mass is 10.1. The summed E-state index contributed by atoms with van der Waals surface area (Å²) < 4.78 is 33.7. The number of rotatable bonds is 8. The highest BCUT2D eigenvalue weighted by Crippen LogP contribution is 2.31. The van der Waals surface area contributed by atoms with E-state index in [1.807, 2.05) is 30.5 Å². The molecule has 0 saturated heterocycles. The van der Waals surface area contributed by atoms with Gasteiger partial charge in [-0.05, 0) is 48.4 Å². The number of aromatic amines is 1. The Morgan fingerprint density at radius 3 is 2.61 bits per heavy atom. The summed E-state index contributed by atoms with van der Waals surface area (Å²) >= 11 is 6.09. The molecule has 0 atom stereocenters. The predicted octanol–water partition coefficient (Wildman–Crippen LogP) is 5.20. The third-order valence-corrected chi connectivity index (χ3v) is 6.87. The van der Waals surface area contributed by atoms with E-state index in [4.69, 9.17) is 16.3 Å². The van der Waals surface area contributed by atoms with Crippen LogP contribution in [0.1, 0.15) is 12.0 Å². The number of ether oxygens (including phenoxy) is 1. The van der Waals surface area contributed by atoms with E-state index in [1.54, 1.807) is 30.3 Å². The molecule has 3 aromatic carbocycles. The molecule has 170 valence electrons. The van der Waals surface area contributed by atoms with Gasteiger partial charge in [0.15, 0.2) is 0 Å². The lowest BCUT2D eigenvalue weighted by Gasteiger charge is -2.14. The first-order valence-electron chi connectivity index (χ1n) is 10.2. The Hall–Kier alpha value is -3.49. The second kappa shape index (κ2) is 9.56. The highest BCUT2D eigenvalue weighted by atomic mass is 35.5. The summed E-state index contributed by atoms with van der Waals surface area (Å²) in [5.74, 6) is -0.0841. The van der Waals surface area contributed by atoms with Gasteiger partial charge in [-0.2, -0.15) is 0 Å². The third-order valence-electron chi connectivity index (χ3n) is 5.15. The van der Waals surface area contributed by atoms with Crippen molar-refractivity contribution in [1.29, 1.82) is 0 Å². The van der Waals surface area contributed by atoms with Gasteiger partial charge in [-0.3, -0.25) is 9.52 Å². The minimum absolute atomic E-state index is 0.112. The zero-order valence-corrected chi connectivity index (χ0v) is 19.3. The minimum atomic E-state index is -4.02. The number of sulfonamides is 1. The molecular formula is C24H22ClN3O4S. The molecule has 0 aliphatic carbocycles. The number of anilines is 2. The summed E-state index contributed by atoms with van der Waals surface area (Å²) in [6.45, 7) is 0. The number of nitrogens with one attached hydrogen (secondary N) is 3. The number of carbonyl (C=O) groups is 1. The van der Waals surface area contributed by atoms with Gasteiger partial charge >= 0.3 is 0 Å². The summed E-state index contributed by atoms with van der Waals surface area (Å²) in [6.07, 6.45) is 2.69. The number of methoxy groups -OCH3 is 1. The summed E-state index contributed by atoms with van der Waals surface area (Å²) in [6, 6.07) is 18.9. The Morgan fingerprint density at radius 1 is 1.06 bits per heavy atom. The van der Waals surface area contributed by atoms with Gasteiger partial charge in [-0.1, -0.05) is 41.9 Å². The number of benzene rings is 3. The van der Waals surface area contributed by atoms with E-state index in [9.17, 15) is 13.2 Å². The fourth-order valence-corrected chi connectivity index (χ4v) is 5.03. The summed E-state index contributed by atoms with van der Waals surface area (Å²) in [5.41, 5.74) is 2.65. The van der Waals surface area contributed by atoms with Crippen molar-refractivity contribution in [3.05, 3.63) is 83.5 Å². The molecule has 33 heavy (non-hydrogen) atoms. The largest absolute Gasteiger partial charge is 0.495 e. The Balaban J connectivity index is 1.50. The first-order valence-corrected chi connectivity index (χ1v) is 12.0. The molecule has 1 aromatic heterocycles. The van der Waals surface area contributed by atoms with Crippen molar-refractivity contribution in [3.8, 4) is 5.75 Å². The molecule has 0 saturated carbocycles. The molecule has 7 nitrogen and oxygen atoms in total. The van der Waals surface area contributed by atoms with Gasteiger partial charge < -0.3 is 15.0 Å². The Labute approximate surface area is 196 Å². The zero-order chi connectivity index (χ0) is 23.4. The van der Waals surface area contributed by atoms with Gasteiger partial charge in [0.05, 0.1) is 17.8 Å². The molecule has 9 heteroatoms. The maximum atomic E-state index is 13.0. The standard InChI is InChI=1S/C24H22ClN3O4S/c1-32-22-12-11-17(14-23(22)33(30,31)28-21-9-5-3-7-19(21)25)27-24(29)13-10-16-15-26-20-8-4-2-6-18(16)20/h2-9,11-12,14-15,26,28H,10,13H2,1H3,(H,27,29). The molecule has 4 aromatic rings. The van der Waals surface area contributed by atoms with Crippen molar-refractivity contribution in [2.75, 3.05) is 17.1 Å². The fourth-order valence-electron chi connectivity index (χ4n) is 3.52. The molecule has 0 aliphatic rings. The van der Waals surface area contributed by atoms with E-state index in [1.165, 1.54) is 19.2 Å². The molecule has 0 aliphatic heterocycles. The van der Waals surface area contributed by atoms with Crippen molar-refractivity contribution in [2.24, 2.45) is 0 Å². The van der Waals surface area contributed by atoms with E-state index in [0.29, 0.717) is 12.1 Å². The Kier molecular flexibility index (Phi) is 6.57. The smallest absolute Gasteiger partial charge is 0.265 e. The van der Waals surface area contributed by atoms with Crippen LogP contribution in [0, 0.1) is 0 Å². The van der Waals surface area contributed by atoms with Gasteiger partial charge in [0.1, 0.15) is 10.6 Å². The number of fused-ring (bicyclic) bond motifs is 1. The van der Waals surface area contributed by atoms with Crippen LogP contribution in [-0.2, 0) is 21.2 Å². The number of amides is 1. The number of aromatic nitrogens is 1. The van der Waals surface area contributed by atoms with Crippen LogP contribution in [0.4, 0.5) is 11.4 Å². The van der Waals surface area contributed by atoms with Crippen LogP contribution < -0.4 is 14.8 Å². The number of H-pyrrole nitrogens is 1. The minimum Gasteiger partial charge on any atom is -0.495 e. The van der Waals surface area contributed by atoms with Crippen LogP contribution in [0.2, 0.25) is 5.02 Å². The zero-order valence-electron chi connectivity index (χ0n) is 17.8. The number of carbonyl (C=O) groups excluding carboxylic acids is 1. The topological polar surface area (TPSA) is 100 Å². The quantitative estimate of drug-likeness (QED) is 0.320. The SMILES string of the molecule is COc1ccc(NC(=O)CCc2c[nH]c3ccccc23)cc1S(=O)(=O)Nc1ccccc1Cl. The van der Waals surface area contributed by atoms with E-state index in [2.05, 4.69) is 15.0 Å². The van der Waals surface area contributed by atoms with Crippen LogP contribution in [-0.4, -0.2) is 26.4 Å². The van der Waals surface area contributed by atoms with Gasteiger partial charge in [-0.25, -0.2) is 8.42 Å². The van der Waals surface area contributed by atoms with E-state index < -0.39 is 10.0 Å². The number of aryl methyl sites for hydroxylation is 1. The molecule has 0 fully saturated rings. The Morgan fingerprint density at radius 2 is 1.82 bits per heavy atom. The number of para-hydroxylation sites is 2. The second-order valence-corrected chi connectivity index (χ2v) is 9.42. The van der Waals surface area contributed by atoms with Crippen LogP contribution >= 0.6 is 11.6 Å². The average molecular weight is 484 g/mol. The summed E-state index contributed by atoms with van der Waals surface area (Å²) in [5, 5.41) is 4.11. The monoisotopic (exact) mass is 483 g/mol. The van der Waals surface area contributed by atoms with Crippen molar-refractivity contribution in [2.45, 2.75) is 17.7 Å². The summed E-state index contributed by atoms with van der Waals surface area (Å²) in [4.78, 5) is 15.6. The fraction of sp³-hybridized carbons (Fsp3) is 0.125. The molecule has 0 spiro atoms. The highest BCUT2D eigenvalue weighted by Gasteiger charge is 2.22. The van der Waals surface area contributed by atoms with E-state index in [0.717, 1.165) is 16.5 Å². The molecular weight excluding hydrogens is 462 g/mol. The molecule has 1 amide bonds. The highest BCUT2D eigenvalue weighted by molar-refractivity contribution is 7.92. The maximum absolute atomic E-state index is 13.0. The van der Waals surface area contributed by atoms with Gasteiger partial charge in [0, 0.05) is 29.2 Å². The van der Waals surface area contributed by atoms with E-state index in [-0.39, 0.29) is 33.7 Å². The molecule has 0 radical (unpaired) electrons. The molecule has 3 N–H and O–H groups in total. The number of hydrogen-bond acceptors (Lipinski definition) is 4. The molecule has 1 heterocycles. The number of hydrogen-bond donors (Lipinski definition) is 3. The van der Waals surface area contributed by atoms with Crippen molar-refractivity contribution in [1.82, 2.24) is 4.98 Å². The van der Waals surface area contributed by atoms with Crippen molar-refractivity contribution < 1.29 is 17.9 Å². The first kappa shape index (κ1) is 22.7. The van der Waals surface area contributed by atoms with E-state index >= 15 is 0 Å². The Bertz CT molecular complexity index is 1420. The number of halogens is 1. The van der Waals surface area contributed by atoms with Crippen LogP contribution in [0.25, 0.3) is 10.9 Å². The normalized spacial score (nSPS) is 11.3. The third kappa shape index (κ3) is 5.13. The summed E-state index contributed by atoms with van der Waals surface area (Å²) in [7, 11) is -2.65. The van der Waals surface area contributed by atoms with Crippen molar-refractivity contribution in [3.63, 3.8) is 0 Å². The average Bonchev–Trinajstić information content (AvgIpc) is 3.22. The van der Waals surface area contributed by atoms with Gasteiger partial charge in [0.2, 0.25) is 5.91 Å². The maximum Gasteiger partial charge on any atom is 0.265 e. The molecule has 0 bridgehead atoms. The predicted molar refractivity (Wildman–Crippen MR) is 131 cm³/mol. The lowest BCUT2D eigenvalue weighted by molar-refractivity contribution is -0.116. The molecule has 4 rings (SSSR count). The van der Waals surface area contributed by atoms with Crippen LogP contribution in [0.15, 0.2) is 77.8 Å². The lowest BCUT2D eigenvalue weighted by Crippen LogP contribution is -2.16. The first-order chi connectivity index (χ1) is 15.9. The van der Waals surface area contributed by atoms with Crippen LogP contribution in [0.5, 0.6) is 5.75 Å².